The number of rotatable bonds is 4. The fraction of sp³-hybridized carbons (Fsp3) is 0.500. The maximum Gasteiger partial charge on any atom is 0.225 e. The first-order valence-corrected chi connectivity index (χ1v) is 9.30. The number of ether oxygens (including phenoxy) is 1. The Kier molecular flexibility index (Phi) is 4.57. The van der Waals surface area contributed by atoms with Crippen molar-refractivity contribution in [2.24, 2.45) is 0 Å². The molecule has 0 saturated carbocycles. The van der Waals surface area contributed by atoms with Gasteiger partial charge in [-0.05, 0) is 36.1 Å². The van der Waals surface area contributed by atoms with Crippen molar-refractivity contribution in [3.8, 4) is 5.75 Å². The van der Waals surface area contributed by atoms with Gasteiger partial charge in [0.25, 0.3) is 0 Å². The Morgan fingerprint density at radius 2 is 1.88 bits per heavy atom. The van der Waals surface area contributed by atoms with Crippen LogP contribution in [0.15, 0.2) is 30.6 Å². The van der Waals surface area contributed by atoms with Crippen LogP contribution in [-0.2, 0) is 12.8 Å². The van der Waals surface area contributed by atoms with Crippen LogP contribution < -0.4 is 9.64 Å². The van der Waals surface area contributed by atoms with Gasteiger partial charge in [-0.15, -0.1) is 0 Å². The van der Waals surface area contributed by atoms with Gasteiger partial charge in [0.1, 0.15) is 5.75 Å². The molecule has 0 amide bonds. The van der Waals surface area contributed by atoms with Crippen LogP contribution in [0.2, 0.25) is 0 Å². The van der Waals surface area contributed by atoms with Crippen molar-refractivity contribution in [2.45, 2.75) is 32.7 Å². The number of piperazine rings is 1. The summed E-state index contributed by atoms with van der Waals surface area (Å²) < 4.78 is 5.73. The summed E-state index contributed by atoms with van der Waals surface area (Å²) in [6.45, 7) is 9.23. The lowest BCUT2D eigenvalue weighted by molar-refractivity contribution is 0.197. The first-order chi connectivity index (χ1) is 12.2. The molecule has 1 atom stereocenters. The molecule has 3 heterocycles. The molecule has 4 rings (SSSR count). The Morgan fingerprint density at radius 3 is 2.60 bits per heavy atom. The van der Waals surface area contributed by atoms with Gasteiger partial charge in [0.2, 0.25) is 5.95 Å². The minimum absolute atomic E-state index is 0.403. The molecule has 132 valence electrons. The second-order valence-electron chi connectivity index (χ2n) is 6.91. The highest BCUT2D eigenvalue weighted by Crippen LogP contribution is 2.31. The maximum absolute atomic E-state index is 5.73. The molecule has 0 bridgehead atoms. The zero-order chi connectivity index (χ0) is 17.2. The highest BCUT2D eigenvalue weighted by Gasteiger charge is 2.24. The van der Waals surface area contributed by atoms with E-state index in [9.17, 15) is 0 Å². The molecule has 0 radical (unpaired) electrons. The molecule has 2 aliphatic heterocycles. The van der Waals surface area contributed by atoms with E-state index >= 15 is 0 Å². The molecule has 1 aromatic carbocycles. The van der Waals surface area contributed by atoms with Gasteiger partial charge in [0.05, 0.1) is 6.61 Å². The molecule has 25 heavy (non-hydrogen) atoms. The predicted molar refractivity (Wildman–Crippen MR) is 99.3 cm³/mol. The Balaban J connectivity index is 1.39. The number of hydrogen-bond donors (Lipinski definition) is 0. The van der Waals surface area contributed by atoms with E-state index in [2.05, 4.69) is 51.8 Å². The third kappa shape index (κ3) is 3.33. The monoisotopic (exact) mass is 338 g/mol. The standard InChI is InChI=1S/C20H26N4O/c1-3-16-13-21-20(22-14-16)24-9-7-23(8-10-24)15(2)18-5-4-17-6-11-25-19(17)12-18/h4-5,12-15H,3,6-11H2,1-2H3. The SMILES string of the molecule is CCc1cnc(N2CCN(C(C)c3ccc4c(c3)OCC4)CC2)nc1. The lowest BCUT2D eigenvalue weighted by Gasteiger charge is -2.38. The highest BCUT2D eigenvalue weighted by molar-refractivity contribution is 5.41. The normalized spacial score (nSPS) is 18.7. The van der Waals surface area contributed by atoms with Gasteiger partial charge in [-0.2, -0.15) is 0 Å². The van der Waals surface area contributed by atoms with Crippen molar-refractivity contribution in [2.75, 3.05) is 37.7 Å². The average molecular weight is 338 g/mol. The number of benzene rings is 1. The van der Waals surface area contributed by atoms with Crippen LogP contribution in [0.25, 0.3) is 0 Å². The van der Waals surface area contributed by atoms with E-state index in [1.54, 1.807) is 0 Å². The summed E-state index contributed by atoms with van der Waals surface area (Å²) in [5.41, 5.74) is 3.88. The van der Waals surface area contributed by atoms with Gasteiger partial charge in [0, 0.05) is 51.0 Å². The molecule has 1 aromatic heterocycles. The summed E-state index contributed by atoms with van der Waals surface area (Å²) in [4.78, 5) is 13.9. The molecular formula is C20H26N4O. The van der Waals surface area contributed by atoms with E-state index < -0.39 is 0 Å². The smallest absolute Gasteiger partial charge is 0.225 e. The van der Waals surface area contributed by atoms with Gasteiger partial charge in [0.15, 0.2) is 0 Å². The van der Waals surface area contributed by atoms with Gasteiger partial charge in [-0.3, -0.25) is 4.90 Å². The van der Waals surface area contributed by atoms with E-state index in [4.69, 9.17) is 4.74 Å². The van der Waals surface area contributed by atoms with Crippen LogP contribution >= 0.6 is 0 Å². The average Bonchev–Trinajstić information content (AvgIpc) is 3.15. The topological polar surface area (TPSA) is 41.5 Å². The summed E-state index contributed by atoms with van der Waals surface area (Å²) in [6.07, 6.45) is 5.92. The Hall–Kier alpha value is -2.14. The fourth-order valence-electron chi connectivity index (χ4n) is 3.66. The van der Waals surface area contributed by atoms with Crippen LogP contribution in [0.3, 0.4) is 0 Å². The van der Waals surface area contributed by atoms with Gasteiger partial charge >= 0.3 is 0 Å². The van der Waals surface area contributed by atoms with Crippen molar-refractivity contribution in [1.82, 2.24) is 14.9 Å². The number of fused-ring (bicyclic) bond motifs is 1. The first-order valence-electron chi connectivity index (χ1n) is 9.30. The van der Waals surface area contributed by atoms with Gasteiger partial charge < -0.3 is 9.64 Å². The van der Waals surface area contributed by atoms with E-state index in [0.717, 1.165) is 57.3 Å². The summed E-state index contributed by atoms with van der Waals surface area (Å²) in [6, 6.07) is 7.12. The quantitative estimate of drug-likeness (QED) is 0.857. The van der Waals surface area contributed by atoms with E-state index in [0.29, 0.717) is 6.04 Å². The predicted octanol–water partition coefficient (Wildman–Crippen LogP) is 2.86. The van der Waals surface area contributed by atoms with Crippen molar-refractivity contribution in [3.63, 3.8) is 0 Å². The summed E-state index contributed by atoms with van der Waals surface area (Å²) in [5.74, 6) is 1.93. The third-order valence-corrected chi connectivity index (χ3v) is 5.45. The zero-order valence-electron chi connectivity index (χ0n) is 15.1. The molecule has 5 nitrogen and oxygen atoms in total. The molecule has 1 fully saturated rings. The molecule has 0 aliphatic carbocycles. The lowest BCUT2D eigenvalue weighted by atomic mass is 10.0. The summed E-state index contributed by atoms with van der Waals surface area (Å²) in [7, 11) is 0. The maximum atomic E-state index is 5.73. The molecule has 5 heteroatoms. The molecule has 2 aliphatic rings. The van der Waals surface area contributed by atoms with Gasteiger partial charge in [-0.25, -0.2) is 9.97 Å². The molecular weight excluding hydrogens is 312 g/mol. The third-order valence-electron chi connectivity index (χ3n) is 5.45. The minimum atomic E-state index is 0.403. The van der Waals surface area contributed by atoms with Crippen LogP contribution in [-0.4, -0.2) is 47.7 Å². The first kappa shape index (κ1) is 16.3. The van der Waals surface area contributed by atoms with E-state index in [1.807, 2.05) is 12.4 Å². The Labute approximate surface area is 149 Å². The van der Waals surface area contributed by atoms with Crippen LogP contribution in [0.1, 0.15) is 36.6 Å². The van der Waals surface area contributed by atoms with Gasteiger partial charge in [-0.1, -0.05) is 19.1 Å². The molecule has 1 unspecified atom stereocenters. The summed E-state index contributed by atoms with van der Waals surface area (Å²) in [5, 5.41) is 0. The van der Waals surface area contributed by atoms with E-state index in [1.165, 1.54) is 16.7 Å². The molecule has 0 spiro atoms. The van der Waals surface area contributed by atoms with Crippen LogP contribution in [0.4, 0.5) is 5.95 Å². The number of hydrogen-bond acceptors (Lipinski definition) is 5. The van der Waals surface area contributed by atoms with Crippen LogP contribution in [0.5, 0.6) is 5.75 Å². The van der Waals surface area contributed by atoms with Crippen molar-refractivity contribution in [3.05, 3.63) is 47.3 Å². The van der Waals surface area contributed by atoms with E-state index in [-0.39, 0.29) is 0 Å². The summed E-state index contributed by atoms with van der Waals surface area (Å²) >= 11 is 0. The second kappa shape index (κ2) is 7.00. The largest absolute Gasteiger partial charge is 0.493 e. The number of aryl methyl sites for hydroxylation is 1. The second-order valence-corrected chi connectivity index (χ2v) is 6.91. The van der Waals surface area contributed by atoms with Crippen molar-refractivity contribution in [1.29, 1.82) is 0 Å². The Bertz CT molecular complexity index is 723. The molecule has 0 N–H and O–H groups in total. The number of anilines is 1. The minimum Gasteiger partial charge on any atom is -0.493 e. The number of aromatic nitrogens is 2. The van der Waals surface area contributed by atoms with Crippen molar-refractivity contribution < 1.29 is 4.74 Å². The Morgan fingerprint density at radius 1 is 1.12 bits per heavy atom. The van der Waals surface area contributed by atoms with Crippen molar-refractivity contribution >= 4 is 5.95 Å². The zero-order valence-corrected chi connectivity index (χ0v) is 15.1. The number of nitrogens with zero attached hydrogens (tertiary/aromatic N) is 4. The fourth-order valence-corrected chi connectivity index (χ4v) is 3.66. The lowest BCUT2D eigenvalue weighted by Crippen LogP contribution is -2.47. The highest BCUT2D eigenvalue weighted by atomic mass is 16.5. The molecule has 1 saturated heterocycles. The van der Waals surface area contributed by atoms with Crippen LogP contribution in [0, 0.1) is 0 Å². The molecule has 2 aromatic rings.